The average Bonchev–Trinajstić information content (AvgIpc) is 3.98. The van der Waals surface area contributed by atoms with E-state index in [1.54, 1.807) is 0 Å². The van der Waals surface area contributed by atoms with E-state index in [1.165, 1.54) is 32.6 Å². The van der Waals surface area contributed by atoms with Crippen molar-refractivity contribution in [1.29, 1.82) is 0 Å². The van der Waals surface area contributed by atoms with Crippen molar-refractivity contribution in [3.8, 4) is 28.7 Å². The van der Waals surface area contributed by atoms with Crippen LogP contribution in [-0.2, 0) is 35.2 Å². The van der Waals surface area contributed by atoms with Gasteiger partial charge < -0.3 is 27.6 Å². The van der Waals surface area contributed by atoms with Crippen LogP contribution in [0.4, 0.5) is 0 Å². The number of hydrogen-bond acceptors (Lipinski definition) is 2. The van der Waals surface area contributed by atoms with Crippen molar-refractivity contribution in [1.82, 2.24) is 23.3 Å². The molecule has 0 spiro atoms. The summed E-state index contributed by atoms with van der Waals surface area (Å²) in [7, 11) is 4.19. The molecule has 0 atom stereocenters. The van der Waals surface area contributed by atoms with Crippen LogP contribution >= 0.6 is 0 Å². The molecule has 0 bridgehead atoms. The van der Waals surface area contributed by atoms with E-state index in [0.29, 0.717) is 11.5 Å². The topological polar surface area (TPSA) is 45.7 Å². The molecular weight excluding hydrogens is 896 g/mol. The number of hydrogen-bond donors (Lipinski definition) is 0. The second-order valence-electron chi connectivity index (χ2n) is 14.5. The number of imidazole rings is 1. The molecule has 12 rings (SSSR count). The summed E-state index contributed by atoms with van der Waals surface area (Å²) in [6.07, 6.45) is 5.27. The van der Waals surface area contributed by atoms with E-state index in [9.17, 15) is 0 Å². The Morgan fingerprint density at radius 3 is 2.02 bits per heavy atom. The summed E-state index contributed by atoms with van der Waals surface area (Å²) >= 11 is 0. The van der Waals surface area contributed by atoms with Crippen LogP contribution in [0.15, 0.2) is 158 Å². The molecular formula is C50H32N6OPt-2. The third kappa shape index (κ3) is 4.83. The average molecular weight is 928 g/mol. The Bertz CT molecular complexity index is 3580. The van der Waals surface area contributed by atoms with E-state index in [1.807, 2.05) is 70.9 Å². The van der Waals surface area contributed by atoms with Crippen LogP contribution in [0.5, 0.6) is 11.5 Å². The van der Waals surface area contributed by atoms with Crippen LogP contribution in [0.25, 0.3) is 93.6 Å². The minimum Gasteiger partial charge on any atom is -0.510 e. The van der Waals surface area contributed by atoms with E-state index < -0.39 is 0 Å². The van der Waals surface area contributed by atoms with Gasteiger partial charge in [-0.25, -0.2) is 4.98 Å². The van der Waals surface area contributed by atoms with Gasteiger partial charge >= 0.3 is 0 Å². The van der Waals surface area contributed by atoms with Crippen LogP contribution in [0.2, 0.25) is 0 Å². The van der Waals surface area contributed by atoms with Crippen molar-refractivity contribution >= 4 is 76.5 Å². The summed E-state index contributed by atoms with van der Waals surface area (Å²) in [6.45, 7) is 0. The first kappa shape index (κ1) is 34.3. The van der Waals surface area contributed by atoms with Gasteiger partial charge in [0, 0.05) is 84.1 Å². The van der Waals surface area contributed by atoms with Gasteiger partial charge in [0.1, 0.15) is 5.82 Å². The fourth-order valence-corrected chi connectivity index (χ4v) is 9.06. The second kappa shape index (κ2) is 13.1. The predicted molar refractivity (Wildman–Crippen MR) is 228 cm³/mol. The maximum Gasteiger partial charge on any atom is 0.242 e. The van der Waals surface area contributed by atoms with Gasteiger partial charge in [-0.05, 0) is 41.8 Å². The van der Waals surface area contributed by atoms with Gasteiger partial charge in [-0.3, -0.25) is 0 Å². The minimum absolute atomic E-state index is 0. The van der Waals surface area contributed by atoms with Crippen LogP contribution in [0.3, 0.4) is 0 Å². The maximum absolute atomic E-state index is 6.65. The van der Waals surface area contributed by atoms with Gasteiger partial charge in [0.05, 0.1) is 34.6 Å². The molecule has 0 aliphatic rings. The zero-order valence-electron chi connectivity index (χ0n) is 31.4. The molecule has 0 saturated heterocycles. The maximum atomic E-state index is 6.65. The zero-order chi connectivity index (χ0) is 37.8. The number of benzene rings is 7. The zero-order valence-corrected chi connectivity index (χ0v) is 33.7. The molecule has 5 aromatic heterocycles. The standard InChI is InChI=1S/C50H32N6O.Pt/c1-52-31-54(42-24-11-10-23-41(42)52)33-17-14-18-34(29-33)57-35-26-27-38-43(30-35)56(44-25-12-13-28-51-44)50-47(38)48-45(36-19-6-8-21-39(36)53(48)2)46-37-20-7-9-22-40(37)55(49(46)50)32-15-4-3-5-16-32;/h3-28H,1-2H3;/q-2;. The third-order valence-corrected chi connectivity index (χ3v) is 11.4. The van der Waals surface area contributed by atoms with Crippen LogP contribution in [-0.4, -0.2) is 23.3 Å². The fraction of sp³-hybridized carbons (Fsp3) is 0.0400. The van der Waals surface area contributed by atoms with Crippen molar-refractivity contribution in [2.45, 2.75) is 0 Å². The molecule has 58 heavy (non-hydrogen) atoms. The number of pyridine rings is 1. The third-order valence-electron chi connectivity index (χ3n) is 11.4. The molecule has 0 aliphatic carbocycles. The minimum atomic E-state index is 0. The molecule has 0 saturated carbocycles. The van der Waals surface area contributed by atoms with Gasteiger partial charge in [-0.2, -0.15) is 18.2 Å². The normalized spacial score (nSPS) is 11.8. The first-order chi connectivity index (χ1) is 28.1. The molecule has 12 aromatic rings. The molecule has 7 aromatic carbocycles. The van der Waals surface area contributed by atoms with E-state index in [2.05, 4.69) is 142 Å². The van der Waals surface area contributed by atoms with Crippen LogP contribution in [0, 0.1) is 18.5 Å². The first-order valence-corrected chi connectivity index (χ1v) is 19.0. The molecule has 5 heterocycles. The smallest absolute Gasteiger partial charge is 0.242 e. The molecule has 7 nitrogen and oxygen atoms in total. The van der Waals surface area contributed by atoms with Crippen molar-refractivity contribution in [2.75, 3.05) is 0 Å². The van der Waals surface area contributed by atoms with Crippen LogP contribution < -0.4 is 9.30 Å². The van der Waals surface area contributed by atoms with Crippen molar-refractivity contribution < 1.29 is 30.4 Å². The number of ether oxygens (including phenoxy) is 1. The van der Waals surface area contributed by atoms with Gasteiger partial charge in [-0.1, -0.05) is 102 Å². The Balaban J connectivity index is 0.00000385. The number of aryl methyl sites for hydroxylation is 2. The fourth-order valence-electron chi connectivity index (χ4n) is 9.06. The number of nitrogens with zero attached hydrogens (tertiary/aromatic N) is 6. The largest absolute Gasteiger partial charge is 0.510 e. The number of fused-ring (bicyclic) bond motifs is 13. The number of rotatable bonds is 5. The summed E-state index contributed by atoms with van der Waals surface area (Å²) in [5.41, 5.74) is 10.6. The molecule has 0 amide bonds. The quantitative estimate of drug-likeness (QED) is 0.128. The predicted octanol–water partition coefficient (Wildman–Crippen LogP) is 10.9. The summed E-state index contributed by atoms with van der Waals surface area (Å²) in [5.74, 6) is 1.96. The van der Waals surface area contributed by atoms with E-state index in [0.717, 1.165) is 61.1 Å². The monoisotopic (exact) mass is 927 g/mol. The number of aromatic nitrogens is 6. The Labute approximate surface area is 347 Å². The molecule has 8 heteroatoms. The molecule has 0 aliphatic heterocycles. The van der Waals surface area contributed by atoms with Gasteiger partial charge in [0.25, 0.3) is 0 Å². The molecule has 0 unspecified atom stereocenters. The van der Waals surface area contributed by atoms with E-state index in [4.69, 9.17) is 9.72 Å². The Morgan fingerprint density at radius 1 is 0.534 bits per heavy atom. The van der Waals surface area contributed by atoms with E-state index >= 15 is 0 Å². The first-order valence-electron chi connectivity index (χ1n) is 19.0. The summed E-state index contributed by atoms with van der Waals surface area (Å²) in [6, 6.07) is 59.9. The Morgan fingerprint density at radius 2 is 1.21 bits per heavy atom. The molecule has 280 valence electrons. The van der Waals surface area contributed by atoms with Crippen molar-refractivity contribution in [3.05, 3.63) is 176 Å². The SMILES string of the molecule is Cn1[c-][n+](-c2[c-]c(Oc3[c-]c4c(cc3)c3c5c(c6ccccc6n5C)c5c6ccccc6n(-c6ccccc6)c5c3n4-c3ccccn3)ccc2)c2ccccc21.[Pt]. The van der Waals surface area contributed by atoms with Gasteiger partial charge in [0.15, 0.2) is 0 Å². The van der Waals surface area contributed by atoms with E-state index in [-0.39, 0.29) is 21.1 Å². The number of para-hydroxylation sites is 5. The molecule has 0 N–H and O–H groups in total. The molecule has 0 radical (unpaired) electrons. The Hall–Kier alpha value is -6.95. The second-order valence-corrected chi connectivity index (χ2v) is 14.5. The van der Waals surface area contributed by atoms with Crippen LogP contribution in [0.1, 0.15) is 0 Å². The summed E-state index contributed by atoms with van der Waals surface area (Å²) < 4.78 is 17.7. The van der Waals surface area contributed by atoms with Gasteiger partial charge in [0.2, 0.25) is 6.33 Å². The molecule has 0 fully saturated rings. The van der Waals surface area contributed by atoms with Crippen molar-refractivity contribution in [3.63, 3.8) is 0 Å². The van der Waals surface area contributed by atoms with Gasteiger partial charge in [-0.15, -0.1) is 24.3 Å². The summed E-state index contributed by atoms with van der Waals surface area (Å²) in [4.78, 5) is 4.99. The summed E-state index contributed by atoms with van der Waals surface area (Å²) in [5, 5.41) is 7.05. The Kier molecular flexibility index (Phi) is 7.72. The van der Waals surface area contributed by atoms with Crippen molar-refractivity contribution in [2.24, 2.45) is 14.1 Å².